The number of β-lactam (4-membered cyclic amide) rings is 1. The van der Waals surface area contributed by atoms with E-state index in [1.54, 1.807) is 6.20 Å². The van der Waals surface area contributed by atoms with E-state index in [1.807, 2.05) is 0 Å². The molecule has 2 aliphatic heterocycles. The number of carboxylic acids is 1. The molecule has 0 spiro atoms. The number of hydrogen-bond donors (Lipinski definition) is 1. The lowest BCUT2D eigenvalue weighted by Gasteiger charge is -2.35. The highest BCUT2D eigenvalue weighted by Gasteiger charge is 2.70. The SMILES string of the molecule is CCCCc1cn(C[C@@]2(C)[C@H](C(=O)O)N3C(=O)C[C@@H]3S2(=O)=O)nn1. The summed E-state index contributed by atoms with van der Waals surface area (Å²) in [5.74, 6) is -1.76. The Labute approximate surface area is 139 Å². The van der Waals surface area contributed by atoms with E-state index < -0.39 is 37.9 Å². The molecule has 2 saturated heterocycles. The third-order valence-electron chi connectivity index (χ3n) is 4.89. The quantitative estimate of drug-likeness (QED) is 0.701. The second-order valence-electron chi connectivity index (χ2n) is 6.57. The minimum absolute atomic E-state index is 0.147. The molecule has 3 rings (SSSR count). The van der Waals surface area contributed by atoms with Crippen LogP contribution < -0.4 is 0 Å². The van der Waals surface area contributed by atoms with Gasteiger partial charge in [-0.3, -0.25) is 9.48 Å². The van der Waals surface area contributed by atoms with E-state index in [0.717, 1.165) is 29.9 Å². The number of carbonyl (C=O) groups excluding carboxylic acids is 1. The van der Waals surface area contributed by atoms with Crippen LogP contribution in [-0.4, -0.2) is 61.5 Å². The van der Waals surface area contributed by atoms with E-state index in [9.17, 15) is 23.1 Å². The van der Waals surface area contributed by atoms with E-state index in [1.165, 1.54) is 11.6 Å². The predicted molar refractivity (Wildman–Crippen MR) is 82.6 cm³/mol. The number of aromatic nitrogens is 3. The second kappa shape index (κ2) is 5.54. The van der Waals surface area contributed by atoms with E-state index >= 15 is 0 Å². The Kier molecular flexibility index (Phi) is 3.89. The number of carbonyl (C=O) groups is 2. The minimum Gasteiger partial charge on any atom is -0.480 e. The van der Waals surface area contributed by atoms with E-state index in [-0.39, 0.29) is 13.0 Å². The van der Waals surface area contributed by atoms with Gasteiger partial charge >= 0.3 is 5.97 Å². The summed E-state index contributed by atoms with van der Waals surface area (Å²) in [6, 6.07) is -1.41. The number of nitrogens with zero attached hydrogens (tertiary/aromatic N) is 4. The van der Waals surface area contributed by atoms with Crippen LogP contribution in [0, 0.1) is 0 Å². The molecule has 1 N–H and O–H groups in total. The van der Waals surface area contributed by atoms with Crippen molar-refractivity contribution >= 4 is 21.7 Å². The Morgan fingerprint density at radius 1 is 1.50 bits per heavy atom. The molecule has 1 aromatic rings. The van der Waals surface area contributed by atoms with E-state index in [0.29, 0.717) is 0 Å². The van der Waals surface area contributed by atoms with E-state index in [4.69, 9.17) is 0 Å². The normalized spacial score (nSPS) is 30.9. The van der Waals surface area contributed by atoms with Crippen molar-refractivity contribution in [2.75, 3.05) is 0 Å². The van der Waals surface area contributed by atoms with Gasteiger partial charge in [0, 0.05) is 6.20 Å². The Morgan fingerprint density at radius 2 is 2.21 bits per heavy atom. The standard InChI is InChI=1S/C14H20N4O5S/c1-3-4-5-9-7-17(16-15-9)8-14(2)12(13(20)21)18-10(19)6-11(18)24(14,22)23/h7,11-12H,3-6,8H2,1-2H3,(H,20,21)/t11-,12-,14-/m0/s1. The van der Waals surface area contributed by atoms with Gasteiger partial charge in [0.25, 0.3) is 0 Å². The third-order valence-corrected chi connectivity index (χ3v) is 7.66. The van der Waals surface area contributed by atoms with Gasteiger partial charge in [-0.2, -0.15) is 0 Å². The molecule has 0 bridgehead atoms. The van der Waals surface area contributed by atoms with Gasteiger partial charge in [-0.05, 0) is 19.8 Å². The summed E-state index contributed by atoms with van der Waals surface area (Å²) in [6.45, 7) is 3.28. The van der Waals surface area contributed by atoms with Crippen LogP contribution in [0.1, 0.15) is 38.8 Å². The molecular formula is C14H20N4O5S. The number of hydrogen-bond acceptors (Lipinski definition) is 6. The van der Waals surface area contributed by atoms with Crippen LogP contribution in [0.3, 0.4) is 0 Å². The maximum absolute atomic E-state index is 12.8. The first-order valence-electron chi connectivity index (χ1n) is 7.89. The van der Waals surface area contributed by atoms with Crippen LogP contribution in [0.4, 0.5) is 0 Å². The number of sulfone groups is 1. The van der Waals surface area contributed by atoms with Crippen LogP contribution in [0.5, 0.6) is 0 Å². The molecule has 3 atom stereocenters. The minimum atomic E-state index is -3.83. The molecule has 24 heavy (non-hydrogen) atoms. The number of aliphatic carboxylic acids is 1. The van der Waals surface area contributed by atoms with Crippen molar-refractivity contribution < 1.29 is 23.1 Å². The maximum atomic E-state index is 12.8. The summed E-state index contributed by atoms with van der Waals surface area (Å²) in [5.41, 5.74) is 0.738. The fourth-order valence-corrected chi connectivity index (χ4v) is 5.86. The summed E-state index contributed by atoms with van der Waals surface area (Å²) in [4.78, 5) is 24.4. The van der Waals surface area contributed by atoms with Crippen LogP contribution in [0.15, 0.2) is 6.20 Å². The van der Waals surface area contributed by atoms with Crippen molar-refractivity contribution in [1.82, 2.24) is 19.9 Å². The number of aryl methyl sites for hydroxylation is 1. The molecule has 9 nitrogen and oxygen atoms in total. The number of rotatable bonds is 6. The zero-order chi connectivity index (χ0) is 17.7. The Bertz CT molecular complexity index is 789. The Balaban J connectivity index is 1.93. The van der Waals surface area contributed by atoms with Crippen molar-refractivity contribution in [3.63, 3.8) is 0 Å². The van der Waals surface area contributed by atoms with Crippen LogP contribution in [0.2, 0.25) is 0 Å². The zero-order valence-corrected chi connectivity index (χ0v) is 14.4. The van der Waals surface area contributed by atoms with Crippen molar-refractivity contribution in [2.24, 2.45) is 0 Å². The molecular weight excluding hydrogens is 336 g/mol. The van der Waals surface area contributed by atoms with Gasteiger partial charge in [-0.1, -0.05) is 18.6 Å². The van der Waals surface area contributed by atoms with Gasteiger partial charge in [-0.15, -0.1) is 5.10 Å². The van der Waals surface area contributed by atoms with Crippen molar-refractivity contribution in [2.45, 2.75) is 62.2 Å². The van der Waals surface area contributed by atoms with Crippen LogP contribution >= 0.6 is 0 Å². The maximum Gasteiger partial charge on any atom is 0.328 e. The number of unbranched alkanes of at least 4 members (excludes halogenated alkanes) is 1. The summed E-state index contributed by atoms with van der Waals surface area (Å²) >= 11 is 0. The molecule has 1 aromatic heterocycles. The second-order valence-corrected chi connectivity index (χ2v) is 9.14. The lowest BCUT2D eigenvalue weighted by atomic mass is 9.96. The van der Waals surface area contributed by atoms with Gasteiger partial charge < -0.3 is 10.0 Å². The fourth-order valence-electron chi connectivity index (χ4n) is 3.50. The largest absolute Gasteiger partial charge is 0.480 e. The molecule has 3 heterocycles. The molecule has 1 amide bonds. The molecule has 2 fully saturated rings. The van der Waals surface area contributed by atoms with Gasteiger partial charge in [0.2, 0.25) is 5.91 Å². The third kappa shape index (κ3) is 2.23. The summed E-state index contributed by atoms with van der Waals surface area (Å²) in [6.07, 6.45) is 4.16. The summed E-state index contributed by atoms with van der Waals surface area (Å²) < 4.78 is 25.3. The monoisotopic (exact) mass is 356 g/mol. The fraction of sp³-hybridized carbons (Fsp3) is 0.714. The van der Waals surface area contributed by atoms with Crippen LogP contribution in [-0.2, 0) is 32.4 Å². The van der Waals surface area contributed by atoms with Crippen LogP contribution in [0.25, 0.3) is 0 Å². The summed E-state index contributed by atoms with van der Waals surface area (Å²) in [7, 11) is -3.83. The van der Waals surface area contributed by atoms with Gasteiger partial charge in [0.05, 0.1) is 18.7 Å². The zero-order valence-electron chi connectivity index (χ0n) is 13.5. The highest BCUT2D eigenvalue weighted by Crippen LogP contribution is 2.46. The molecule has 0 saturated carbocycles. The van der Waals surface area contributed by atoms with Crippen molar-refractivity contribution in [3.8, 4) is 0 Å². The highest BCUT2D eigenvalue weighted by molar-refractivity contribution is 7.93. The lowest BCUT2D eigenvalue weighted by molar-refractivity contribution is -0.157. The number of amides is 1. The molecule has 132 valence electrons. The van der Waals surface area contributed by atoms with Gasteiger partial charge in [-0.25, -0.2) is 13.2 Å². The van der Waals surface area contributed by atoms with Gasteiger partial charge in [0.15, 0.2) is 15.9 Å². The van der Waals surface area contributed by atoms with Crippen molar-refractivity contribution in [1.29, 1.82) is 0 Å². The number of fused-ring (bicyclic) bond motifs is 1. The Hall–Kier alpha value is -1.97. The molecule has 0 aliphatic carbocycles. The smallest absolute Gasteiger partial charge is 0.328 e. The molecule has 10 heteroatoms. The van der Waals surface area contributed by atoms with E-state index in [2.05, 4.69) is 17.2 Å². The average molecular weight is 356 g/mol. The first-order valence-corrected chi connectivity index (χ1v) is 9.43. The Morgan fingerprint density at radius 3 is 2.79 bits per heavy atom. The molecule has 2 aliphatic rings. The van der Waals surface area contributed by atoms with Gasteiger partial charge in [0.1, 0.15) is 10.1 Å². The lowest BCUT2D eigenvalue weighted by Crippen LogP contribution is -2.58. The average Bonchev–Trinajstić information content (AvgIpc) is 2.98. The molecule has 0 aromatic carbocycles. The molecule has 0 unspecified atom stereocenters. The summed E-state index contributed by atoms with van der Waals surface area (Å²) in [5, 5.41) is 16.4. The number of carboxylic acid groups (broad SMARTS) is 1. The molecule has 0 radical (unpaired) electrons. The first-order chi connectivity index (χ1) is 11.2. The highest BCUT2D eigenvalue weighted by atomic mass is 32.2. The van der Waals surface area contributed by atoms with Crippen molar-refractivity contribution in [3.05, 3.63) is 11.9 Å². The predicted octanol–water partition coefficient (Wildman–Crippen LogP) is -0.181. The first kappa shape index (κ1) is 16.9. The topological polar surface area (TPSA) is 122 Å².